The Morgan fingerprint density at radius 2 is 1.85 bits per heavy atom. The lowest BCUT2D eigenvalue weighted by Gasteiger charge is -2.35. The second-order valence-electron chi connectivity index (χ2n) is 6.94. The van der Waals surface area contributed by atoms with Gasteiger partial charge in [-0.1, -0.05) is 29.5 Å². The standard InChI is InChI=1S/C20H21N5S2/c21-20-22-16-6-5-14(13-18(16)26-20)7-8-24-9-11-25(12-10-24)19-15-3-1-2-4-17(15)27-23-19/h1-6,13H,7-12H2,(H2,21,22). The highest BCUT2D eigenvalue weighted by Crippen LogP contribution is 2.30. The number of nitrogen functional groups attached to an aromatic ring is 1. The summed E-state index contributed by atoms with van der Waals surface area (Å²) in [5, 5.41) is 1.93. The highest BCUT2D eigenvalue weighted by molar-refractivity contribution is 7.22. The van der Waals surface area contributed by atoms with Gasteiger partial charge in [0.05, 0.1) is 14.9 Å². The zero-order chi connectivity index (χ0) is 18.2. The molecule has 1 aliphatic rings. The van der Waals surface area contributed by atoms with Crippen LogP contribution >= 0.6 is 22.9 Å². The number of aromatic nitrogens is 2. The van der Waals surface area contributed by atoms with E-state index in [2.05, 4.69) is 57.2 Å². The molecular weight excluding hydrogens is 374 g/mol. The number of nitrogens with zero attached hydrogens (tertiary/aromatic N) is 4. The maximum atomic E-state index is 5.81. The van der Waals surface area contributed by atoms with Gasteiger partial charge in [0.25, 0.3) is 0 Å². The SMILES string of the molecule is Nc1nc2ccc(CCN3CCN(c4nsc5ccccc45)CC3)cc2s1. The van der Waals surface area contributed by atoms with Crippen LogP contribution in [0, 0.1) is 0 Å². The van der Waals surface area contributed by atoms with Crippen molar-refractivity contribution in [2.24, 2.45) is 0 Å². The van der Waals surface area contributed by atoms with E-state index in [-0.39, 0.29) is 0 Å². The first-order valence-electron chi connectivity index (χ1n) is 9.23. The zero-order valence-corrected chi connectivity index (χ0v) is 16.6. The number of nitrogens with two attached hydrogens (primary N) is 1. The molecule has 27 heavy (non-hydrogen) atoms. The summed E-state index contributed by atoms with van der Waals surface area (Å²) >= 11 is 3.17. The molecule has 0 bridgehead atoms. The number of fused-ring (bicyclic) bond motifs is 2. The molecule has 1 fully saturated rings. The van der Waals surface area contributed by atoms with Gasteiger partial charge in [-0.15, -0.1) is 0 Å². The molecule has 0 spiro atoms. The predicted molar refractivity (Wildman–Crippen MR) is 116 cm³/mol. The first kappa shape index (κ1) is 16.9. The highest BCUT2D eigenvalue weighted by atomic mass is 32.1. The first-order chi connectivity index (χ1) is 13.3. The monoisotopic (exact) mass is 395 g/mol. The number of hydrogen-bond donors (Lipinski definition) is 1. The van der Waals surface area contributed by atoms with Crippen LogP contribution in [0.5, 0.6) is 0 Å². The van der Waals surface area contributed by atoms with Crippen LogP contribution in [0.4, 0.5) is 10.9 Å². The average Bonchev–Trinajstić information content (AvgIpc) is 3.29. The smallest absolute Gasteiger partial charge is 0.181 e. The van der Waals surface area contributed by atoms with Gasteiger partial charge in [-0.05, 0) is 47.8 Å². The van der Waals surface area contributed by atoms with Crippen LogP contribution in [-0.4, -0.2) is 47.0 Å². The summed E-state index contributed by atoms with van der Waals surface area (Å²) in [4.78, 5) is 9.32. The van der Waals surface area contributed by atoms with Gasteiger partial charge in [-0.2, -0.15) is 4.37 Å². The van der Waals surface area contributed by atoms with E-state index in [0.29, 0.717) is 5.13 Å². The third-order valence-corrected chi connectivity index (χ3v) is 6.88. The molecule has 0 atom stereocenters. The van der Waals surface area contributed by atoms with Crippen LogP contribution in [0.25, 0.3) is 20.3 Å². The Hall–Kier alpha value is -2.22. The minimum atomic E-state index is 0.646. The van der Waals surface area contributed by atoms with E-state index in [0.717, 1.165) is 50.5 Å². The Kier molecular flexibility index (Phi) is 4.43. The highest BCUT2D eigenvalue weighted by Gasteiger charge is 2.20. The molecule has 0 unspecified atom stereocenters. The maximum absolute atomic E-state index is 5.81. The van der Waals surface area contributed by atoms with Crippen LogP contribution < -0.4 is 10.6 Å². The van der Waals surface area contributed by atoms with E-state index >= 15 is 0 Å². The number of rotatable bonds is 4. The normalized spacial score (nSPS) is 15.8. The fraction of sp³-hybridized carbons (Fsp3) is 0.300. The Balaban J connectivity index is 1.20. The maximum Gasteiger partial charge on any atom is 0.181 e. The van der Waals surface area contributed by atoms with E-state index in [1.807, 2.05) is 0 Å². The zero-order valence-electron chi connectivity index (χ0n) is 15.0. The van der Waals surface area contributed by atoms with E-state index in [1.165, 1.54) is 20.3 Å². The van der Waals surface area contributed by atoms with Gasteiger partial charge >= 0.3 is 0 Å². The van der Waals surface area contributed by atoms with Crippen LogP contribution in [0.2, 0.25) is 0 Å². The summed E-state index contributed by atoms with van der Waals surface area (Å²) in [5.74, 6) is 1.16. The van der Waals surface area contributed by atoms with Crippen molar-refractivity contribution >= 4 is 54.1 Å². The molecule has 0 aliphatic carbocycles. The fourth-order valence-corrected chi connectivity index (χ4v) is 5.31. The second-order valence-corrected chi connectivity index (χ2v) is 8.80. The molecule has 138 valence electrons. The Morgan fingerprint density at radius 1 is 1.00 bits per heavy atom. The van der Waals surface area contributed by atoms with Gasteiger partial charge in [-0.3, -0.25) is 4.90 Å². The van der Waals surface area contributed by atoms with Crippen molar-refractivity contribution in [1.29, 1.82) is 0 Å². The van der Waals surface area contributed by atoms with E-state index in [4.69, 9.17) is 10.1 Å². The number of hydrogen-bond acceptors (Lipinski definition) is 7. The van der Waals surface area contributed by atoms with Gasteiger partial charge in [-0.25, -0.2) is 4.98 Å². The summed E-state index contributed by atoms with van der Waals surface area (Å²) < 4.78 is 7.16. The Bertz CT molecular complexity index is 1080. The minimum absolute atomic E-state index is 0.646. The Labute approximate surface area is 166 Å². The summed E-state index contributed by atoms with van der Waals surface area (Å²) in [6.45, 7) is 5.34. The van der Waals surface area contributed by atoms with Crippen LogP contribution in [0.1, 0.15) is 5.56 Å². The van der Waals surface area contributed by atoms with Gasteiger partial charge in [0, 0.05) is 38.1 Å². The van der Waals surface area contributed by atoms with E-state index < -0.39 is 0 Å². The summed E-state index contributed by atoms with van der Waals surface area (Å²) in [5.41, 5.74) is 8.17. The molecule has 3 heterocycles. The van der Waals surface area contributed by atoms with Crippen LogP contribution in [0.15, 0.2) is 42.5 Å². The lowest BCUT2D eigenvalue weighted by molar-refractivity contribution is 0.261. The quantitative estimate of drug-likeness (QED) is 0.569. The van der Waals surface area contributed by atoms with Gasteiger partial charge < -0.3 is 10.6 Å². The van der Waals surface area contributed by atoms with Crippen LogP contribution in [-0.2, 0) is 6.42 Å². The summed E-state index contributed by atoms with van der Waals surface area (Å²) in [6, 6.07) is 15.0. The average molecular weight is 396 g/mol. The topological polar surface area (TPSA) is 58.3 Å². The van der Waals surface area contributed by atoms with Gasteiger partial charge in [0.1, 0.15) is 5.82 Å². The molecule has 5 rings (SSSR count). The van der Waals surface area contributed by atoms with Crippen molar-refractivity contribution in [1.82, 2.24) is 14.3 Å². The van der Waals surface area contributed by atoms with Crippen molar-refractivity contribution in [2.75, 3.05) is 43.4 Å². The number of anilines is 2. The molecule has 0 saturated carbocycles. The van der Waals surface area contributed by atoms with E-state index in [1.54, 1.807) is 22.9 Å². The largest absolute Gasteiger partial charge is 0.375 e. The lowest BCUT2D eigenvalue weighted by atomic mass is 10.1. The van der Waals surface area contributed by atoms with Gasteiger partial charge in [0.2, 0.25) is 0 Å². The molecule has 2 N–H and O–H groups in total. The molecule has 7 heteroatoms. The molecule has 0 amide bonds. The predicted octanol–water partition coefficient (Wildman–Crippen LogP) is 3.85. The summed E-state index contributed by atoms with van der Waals surface area (Å²) in [6.07, 6.45) is 1.06. The molecule has 1 aliphatic heterocycles. The molecule has 2 aromatic heterocycles. The lowest BCUT2D eigenvalue weighted by Crippen LogP contribution is -2.47. The minimum Gasteiger partial charge on any atom is -0.375 e. The molecule has 4 aromatic rings. The van der Waals surface area contributed by atoms with Crippen molar-refractivity contribution in [3.8, 4) is 0 Å². The fourth-order valence-electron chi connectivity index (χ4n) is 3.71. The third kappa shape index (κ3) is 3.38. The number of benzene rings is 2. The van der Waals surface area contributed by atoms with Crippen molar-refractivity contribution in [3.05, 3.63) is 48.0 Å². The molecule has 1 saturated heterocycles. The number of thiazole rings is 1. The van der Waals surface area contributed by atoms with E-state index in [9.17, 15) is 0 Å². The first-order valence-corrected chi connectivity index (χ1v) is 10.8. The van der Waals surface area contributed by atoms with Crippen molar-refractivity contribution in [2.45, 2.75) is 6.42 Å². The van der Waals surface area contributed by atoms with Crippen molar-refractivity contribution in [3.63, 3.8) is 0 Å². The second kappa shape index (κ2) is 7.07. The molecular formula is C20H21N5S2. The van der Waals surface area contributed by atoms with Crippen molar-refractivity contribution < 1.29 is 0 Å². The molecule has 0 radical (unpaired) electrons. The van der Waals surface area contributed by atoms with Crippen LogP contribution in [0.3, 0.4) is 0 Å². The summed E-state index contributed by atoms with van der Waals surface area (Å²) in [7, 11) is 0. The van der Waals surface area contributed by atoms with Gasteiger partial charge in [0.15, 0.2) is 5.13 Å². The third-order valence-electron chi connectivity index (χ3n) is 5.22. The number of piperazine rings is 1. The molecule has 2 aromatic carbocycles. The molecule has 5 nitrogen and oxygen atoms in total. The Morgan fingerprint density at radius 3 is 2.74 bits per heavy atom.